The first-order valence-corrected chi connectivity index (χ1v) is 7.46. The third-order valence-corrected chi connectivity index (χ3v) is 4.43. The lowest BCUT2D eigenvalue weighted by molar-refractivity contribution is 0.00395. The number of nitrogens with two attached hydrogens (primary N) is 1. The van der Waals surface area contributed by atoms with Gasteiger partial charge in [0.25, 0.3) is 0 Å². The fourth-order valence-corrected chi connectivity index (χ4v) is 2.94. The van der Waals surface area contributed by atoms with Gasteiger partial charge in [-0.3, -0.25) is 4.90 Å². The molecule has 112 valence electrons. The molecule has 0 saturated carbocycles. The maximum atomic E-state index is 13.1. The number of hydrogen-bond acceptors (Lipinski definition) is 3. The zero-order valence-electron chi connectivity index (χ0n) is 12.3. The van der Waals surface area contributed by atoms with Crippen molar-refractivity contribution in [3.63, 3.8) is 0 Å². The first kappa shape index (κ1) is 15.4. The van der Waals surface area contributed by atoms with E-state index in [1.165, 1.54) is 12.1 Å². The summed E-state index contributed by atoms with van der Waals surface area (Å²) in [5.41, 5.74) is 7.31. The molecule has 1 aliphatic rings. The van der Waals surface area contributed by atoms with Crippen LogP contribution in [0.2, 0.25) is 0 Å². The molecule has 1 aromatic carbocycles. The van der Waals surface area contributed by atoms with E-state index < -0.39 is 0 Å². The van der Waals surface area contributed by atoms with Crippen LogP contribution >= 0.6 is 0 Å². The minimum atomic E-state index is -0.309. The molecule has 1 aromatic rings. The van der Waals surface area contributed by atoms with E-state index in [4.69, 9.17) is 5.73 Å². The molecule has 1 fully saturated rings. The summed E-state index contributed by atoms with van der Waals surface area (Å²) in [6, 6.07) is 6.60. The number of aliphatic hydroxyl groups is 1. The van der Waals surface area contributed by atoms with Crippen molar-refractivity contribution in [1.82, 2.24) is 4.90 Å². The topological polar surface area (TPSA) is 49.5 Å². The molecule has 0 aromatic heterocycles. The lowest BCUT2D eigenvalue weighted by atomic mass is 9.90. The van der Waals surface area contributed by atoms with Gasteiger partial charge in [0.1, 0.15) is 5.82 Å². The van der Waals surface area contributed by atoms with Crippen molar-refractivity contribution in [2.24, 2.45) is 11.7 Å². The number of rotatable bonds is 4. The molecule has 1 heterocycles. The molecule has 0 aliphatic carbocycles. The number of β-amino-alcohol motifs (C(OH)–C–C–N with tert-alkyl or cyclic N) is 1. The summed E-state index contributed by atoms with van der Waals surface area (Å²) in [7, 11) is 0. The largest absolute Gasteiger partial charge is 0.392 e. The summed E-state index contributed by atoms with van der Waals surface area (Å²) in [6.45, 7) is 5.70. The molecule has 1 aliphatic heterocycles. The highest BCUT2D eigenvalue weighted by Crippen LogP contribution is 2.30. The number of aliphatic hydroxyl groups excluding tert-OH is 1. The van der Waals surface area contributed by atoms with Crippen molar-refractivity contribution in [2.75, 3.05) is 13.1 Å². The molecule has 2 rings (SSSR count). The summed E-state index contributed by atoms with van der Waals surface area (Å²) < 4.78 is 13.1. The van der Waals surface area contributed by atoms with E-state index >= 15 is 0 Å². The van der Waals surface area contributed by atoms with Gasteiger partial charge in [0.15, 0.2) is 0 Å². The van der Waals surface area contributed by atoms with E-state index in [1.54, 1.807) is 12.1 Å². The minimum Gasteiger partial charge on any atom is -0.392 e. The smallest absolute Gasteiger partial charge is 0.123 e. The van der Waals surface area contributed by atoms with Crippen molar-refractivity contribution in [3.8, 4) is 0 Å². The van der Waals surface area contributed by atoms with Crippen LogP contribution < -0.4 is 5.73 Å². The SMILES string of the molecule is CCC(N)C(c1ccc(F)cc1)N1CCC(C)C(O)C1. The van der Waals surface area contributed by atoms with Crippen molar-refractivity contribution in [3.05, 3.63) is 35.6 Å². The molecule has 4 atom stereocenters. The zero-order valence-corrected chi connectivity index (χ0v) is 12.3. The molecular formula is C16H25FN2O. The van der Waals surface area contributed by atoms with Gasteiger partial charge in [0.05, 0.1) is 6.10 Å². The van der Waals surface area contributed by atoms with Crippen molar-refractivity contribution < 1.29 is 9.50 Å². The van der Waals surface area contributed by atoms with Gasteiger partial charge in [-0.05, 0) is 43.0 Å². The highest BCUT2D eigenvalue weighted by molar-refractivity contribution is 5.22. The second-order valence-corrected chi connectivity index (χ2v) is 5.90. The van der Waals surface area contributed by atoms with Gasteiger partial charge in [0, 0.05) is 18.6 Å². The van der Waals surface area contributed by atoms with Gasteiger partial charge in [0.2, 0.25) is 0 Å². The monoisotopic (exact) mass is 280 g/mol. The van der Waals surface area contributed by atoms with Crippen LogP contribution in [0.15, 0.2) is 24.3 Å². The fraction of sp³-hybridized carbons (Fsp3) is 0.625. The number of piperidine rings is 1. The standard InChI is InChI=1S/C16H25FN2O/c1-3-14(18)16(12-4-6-13(17)7-5-12)19-9-8-11(2)15(20)10-19/h4-7,11,14-16,20H,3,8-10,18H2,1-2H3. The Morgan fingerprint density at radius 1 is 1.40 bits per heavy atom. The Kier molecular flexibility index (Phi) is 5.13. The summed E-state index contributed by atoms with van der Waals surface area (Å²) in [6.07, 6.45) is 1.51. The van der Waals surface area contributed by atoms with Gasteiger partial charge in [-0.2, -0.15) is 0 Å². The maximum absolute atomic E-state index is 13.1. The lowest BCUT2D eigenvalue weighted by Gasteiger charge is -2.41. The molecule has 4 heteroatoms. The first-order valence-electron chi connectivity index (χ1n) is 7.46. The summed E-state index contributed by atoms with van der Waals surface area (Å²) in [5.74, 6) is 0.0999. The van der Waals surface area contributed by atoms with Crippen LogP contribution in [0.25, 0.3) is 0 Å². The van der Waals surface area contributed by atoms with E-state index in [9.17, 15) is 9.50 Å². The van der Waals surface area contributed by atoms with Crippen molar-refractivity contribution in [2.45, 2.75) is 44.9 Å². The van der Waals surface area contributed by atoms with Crippen LogP contribution in [0, 0.1) is 11.7 Å². The van der Waals surface area contributed by atoms with E-state index in [2.05, 4.69) is 18.7 Å². The normalized spacial score (nSPS) is 27.2. The zero-order chi connectivity index (χ0) is 14.7. The molecular weight excluding hydrogens is 255 g/mol. The van der Waals surface area contributed by atoms with E-state index in [1.807, 2.05) is 0 Å². The van der Waals surface area contributed by atoms with Gasteiger partial charge >= 0.3 is 0 Å². The number of benzene rings is 1. The Morgan fingerprint density at radius 2 is 2.05 bits per heavy atom. The Balaban J connectivity index is 2.21. The Bertz CT molecular complexity index is 423. The van der Waals surface area contributed by atoms with Crippen LogP contribution in [0.4, 0.5) is 4.39 Å². The Hall–Kier alpha value is -0.970. The minimum absolute atomic E-state index is 0.0129. The van der Waals surface area contributed by atoms with Crippen LogP contribution in [0.3, 0.4) is 0 Å². The molecule has 0 spiro atoms. The highest BCUT2D eigenvalue weighted by Gasteiger charge is 2.32. The predicted molar refractivity (Wildman–Crippen MR) is 78.8 cm³/mol. The van der Waals surface area contributed by atoms with Crippen LogP contribution in [-0.4, -0.2) is 35.2 Å². The quantitative estimate of drug-likeness (QED) is 0.890. The molecule has 1 saturated heterocycles. The van der Waals surface area contributed by atoms with Crippen molar-refractivity contribution in [1.29, 1.82) is 0 Å². The van der Waals surface area contributed by atoms with Crippen LogP contribution in [0.1, 0.15) is 38.3 Å². The fourth-order valence-electron chi connectivity index (χ4n) is 2.94. The van der Waals surface area contributed by atoms with Crippen molar-refractivity contribution >= 4 is 0 Å². The first-order chi connectivity index (χ1) is 9.52. The summed E-state index contributed by atoms with van der Waals surface area (Å²) in [5, 5.41) is 10.1. The number of halogens is 1. The maximum Gasteiger partial charge on any atom is 0.123 e. The van der Waals surface area contributed by atoms with E-state index in [0.29, 0.717) is 12.5 Å². The predicted octanol–water partition coefficient (Wildman–Crippen LogP) is 2.31. The van der Waals surface area contributed by atoms with Gasteiger partial charge in [-0.25, -0.2) is 4.39 Å². The second-order valence-electron chi connectivity index (χ2n) is 5.90. The average Bonchev–Trinajstić information content (AvgIpc) is 2.45. The van der Waals surface area contributed by atoms with E-state index in [-0.39, 0.29) is 24.0 Å². The molecule has 0 radical (unpaired) electrons. The van der Waals surface area contributed by atoms with Crippen LogP contribution in [-0.2, 0) is 0 Å². The molecule has 20 heavy (non-hydrogen) atoms. The third kappa shape index (κ3) is 3.37. The summed E-state index contributed by atoms with van der Waals surface area (Å²) in [4.78, 5) is 2.24. The molecule has 3 N–H and O–H groups in total. The summed E-state index contributed by atoms with van der Waals surface area (Å²) >= 11 is 0. The van der Waals surface area contributed by atoms with Crippen LogP contribution in [0.5, 0.6) is 0 Å². The van der Waals surface area contributed by atoms with Gasteiger partial charge < -0.3 is 10.8 Å². The number of likely N-dealkylation sites (tertiary alicyclic amines) is 1. The third-order valence-electron chi connectivity index (χ3n) is 4.43. The number of nitrogens with zero attached hydrogens (tertiary/aromatic N) is 1. The lowest BCUT2D eigenvalue weighted by Crippen LogP contribution is -2.49. The Morgan fingerprint density at radius 3 is 2.60 bits per heavy atom. The van der Waals surface area contributed by atoms with Gasteiger partial charge in [-0.15, -0.1) is 0 Å². The molecule has 4 unspecified atom stereocenters. The Labute approximate surface area is 120 Å². The molecule has 0 amide bonds. The molecule has 3 nitrogen and oxygen atoms in total. The molecule has 0 bridgehead atoms. The second kappa shape index (κ2) is 6.66. The average molecular weight is 280 g/mol. The highest BCUT2D eigenvalue weighted by atomic mass is 19.1. The van der Waals surface area contributed by atoms with Gasteiger partial charge in [-0.1, -0.05) is 26.0 Å². The van der Waals surface area contributed by atoms with E-state index in [0.717, 1.165) is 24.9 Å². The number of hydrogen-bond donors (Lipinski definition) is 2.